The molecule has 0 aliphatic rings. The molecule has 0 fully saturated rings. The van der Waals surface area contributed by atoms with Crippen LogP contribution in [-0.2, 0) is 14.1 Å². The predicted octanol–water partition coefficient (Wildman–Crippen LogP) is 2.39. The summed E-state index contributed by atoms with van der Waals surface area (Å²) in [6.07, 6.45) is 0.294. The summed E-state index contributed by atoms with van der Waals surface area (Å²) in [6, 6.07) is 7.94. The molecule has 0 spiro atoms. The normalized spacial score (nSPS) is 11.1. The number of benzene rings is 1. The highest BCUT2D eigenvalue weighted by atomic mass is 31.0. The second-order valence-electron chi connectivity index (χ2n) is 4.98. The molecule has 9 heteroatoms. The quantitative estimate of drug-likeness (QED) is 0.393. The number of carbonyl (C=O) groups excluding carboxylic acids is 3. The van der Waals surface area contributed by atoms with Gasteiger partial charge in [-0.15, -0.1) is 0 Å². The summed E-state index contributed by atoms with van der Waals surface area (Å²) in [4.78, 5) is 34.6. The first-order valence-electron chi connectivity index (χ1n) is 7.91. The lowest BCUT2D eigenvalue weighted by molar-refractivity contribution is -0.145. The molecule has 0 aliphatic heterocycles. The van der Waals surface area contributed by atoms with Crippen molar-refractivity contribution >= 4 is 27.6 Å². The Hall–Kier alpha value is -2.34. The third-order valence-corrected chi connectivity index (χ3v) is 3.33. The highest BCUT2D eigenvalue weighted by molar-refractivity contribution is 7.10. The zero-order chi connectivity index (χ0) is 18.5. The maximum absolute atomic E-state index is 11.8. The molecule has 0 radical (unpaired) electrons. The minimum Gasteiger partial charge on any atom is -0.464 e. The first-order chi connectivity index (χ1) is 12.1. The van der Waals surface area contributed by atoms with Gasteiger partial charge in [0.1, 0.15) is 11.8 Å². The van der Waals surface area contributed by atoms with Crippen molar-refractivity contribution in [2.24, 2.45) is 0 Å². The third kappa shape index (κ3) is 8.91. The summed E-state index contributed by atoms with van der Waals surface area (Å²) in [5.74, 6) is -0.0585. The number of amides is 2. The van der Waals surface area contributed by atoms with Crippen LogP contribution in [0.25, 0.3) is 0 Å². The van der Waals surface area contributed by atoms with E-state index in [1.54, 1.807) is 31.2 Å². The Morgan fingerprint density at radius 1 is 1.12 bits per heavy atom. The Morgan fingerprint density at radius 3 is 2.48 bits per heavy atom. The minimum atomic E-state index is -0.788. The van der Waals surface area contributed by atoms with Gasteiger partial charge in [0.15, 0.2) is 0 Å². The molecule has 1 rings (SSSR count). The number of nitrogens with one attached hydrogen (secondary N) is 2. The predicted molar refractivity (Wildman–Crippen MR) is 94.1 cm³/mol. The van der Waals surface area contributed by atoms with Gasteiger partial charge < -0.3 is 24.6 Å². The smallest absolute Gasteiger partial charge is 0.412 e. The fourth-order valence-corrected chi connectivity index (χ4v) is 2.03. The van der Waals surface area contributed by atoms with E-state index in [-0.39, 0.29) is 6.61 Å². The van der Waals surface area contributed by atoms with Crippen LogP contribution in [0, 0.1) is 0 Å². The first-order valence-corrected chi connectivity index (χ1v) is 8.38. The summed E-state index contributed by atoms with van der Waals surface area (Å²) in [6.45, 7) is 2.29. The number of para-hydroxylation sites is 1. The van der Waals surface area contributed by atoms with Crippen molar-refractivity contribution in [1.82, 2.24) is 10.6 Å². The Bertz CT molecular complexity index is 555. The van der Waals surface area contributed by atoms with E-state index >= 15 is 0 Å². The van der Waals surface area contributed by atoms with Crippen molar-refractivity contribution in [3.8, 4) is 5.75 Å². The van der Waals surface area contributed by atoms with Crippen molar-refractivity contribution < 1.29 is 28.4 Å². The Balaban J connectivity index is 2.27. The molecule has 8 nitrogen and oxygen atoms in total. The Morgan fingerprint density at radius 2 is 1.84 bits per heavy atom. The maximum atomic E-state index is 11.8. The van der Waals surface area contributed by atoms with Crippen molar-refractivity contribution in [2.45, 2.75) is 32.2 Å². The number of unbranched alkanes of at least 4 members (excludes halogenated alkanes) is 1. The number of ether oxygens (including phenoxy) is 2. The summed E-state index contributed by atoms with van der Waals surface area (Å²) in [5.41, 5.74) is 0. The van der Waals surface area contributed by atoms with Gasteiger partial charge in [-0.3, -0.25) is 0 Å². The van der Waals surface area contributed by atoms with Crippen LogP contribution in [0.15, 0.2) is 30.3 Å². The standard InChI is InChI=1S/C16H23N2O6P/c1-2-22-14(19)13(18-16(21)24-25)10-6-7-11-17-15(20)23-12-8-4-3-5-9-12/h3-5,8-9,13H,2,6-7,10-11,25H2,1H3,(H,17,20)(H,18,21). The second kappa shape index (κ2) is 12.1. The van der Waals surface area contributed by atoms with E-state index in [0.717, 1.165) is 0 Å². The van der Waals surface area contributed by atoms with Crippen LogP contribution in [0.5, 0.6) is 5.75 Å². The van der Waals surface area contributed by atoms with Gasteiger partial charge in [0.2, 0.25) is 0 Å². The van der Waals surface area contributed by atoms with Gasteiger partial charge in [0.25, 0.3) is 0 Å². The van der Waals surface area contributed by atoms with Gasteiger partial charge in [0.05, 0.1) is 16.1 Å². The number of esters is 1. The molecule has 0 aliphatic carbocycles. The molecule has 0 saturated carbocycles. The van der Waals surface area contributed by atoms with Crippen LogP contribution in [0.3, 0.4) is 0 Å². The first kappa shape index (κ1) is 20.7. The van der Waals surface area contributed by atoms with E-state index in [2.05, 4.69) is 15.2 Å². The summed E-state index contributed by atoms with van der Waals surface area (Å²) in [7, 11) is 1.81. The molecule has 0 saturated heterocycles. The molecule has 1 aromatic carbocycles. The molecular formula is C16H23N2O6P. The Kier molecular flexibility index (Phi) is 10.0. The van der Waals surface area contributed by atoms with Gasteiger partial charge in [-0.2, -0.15) is 0 Å². The van der Waals surface area contributed by atoms with Crippen LogP contribution in [-0.4, -0.2) is 37.3 Å². The zero-order valence-electron chi connectivity index (χ0n) is 14.0. The summed E-state index contributed by atoms with van der Waals surface area (Å²) in [5, 5.41) is 5.03. The SMILES string of the molecule is CCOC(=O)C(CCCCNC(=O)Oc1ccccc1)NC(=O)OP. The van der Waals surface area contributed by atoms with E-state index < -0.39 is 24.2 Å². The monoisotopic (exact) mass is 370 g/mol. The van der Waals surface area contributed by atoms with Gasteiger partial charge in [0, 0.05) is 6.54 Å². The van der Waals surface area contributed by atoms with Crippen LogP contribution >= 0.6 is 9.47 Å². The van der Waals surface area contributed by atoms with E-state index in [0.29, 0.717) is 31.6 Å². The number of rotatable bonds is 9. The molecule has 2 N–H and O–H groups in total. The molecule has 1 aromatic rings. The maximum Gasteiger partial charge on any atom is 0.412 e. The van der Waals surface area contributed by atoms with Gasteiger partial charge >= 0.3 is 18.2 Å². The Labute approximate surface area is 148 Å². The van der Waals surface area contributed by atoms with E-state index in [1.807, 2.05) is 15.5 Å². The number of carbonyl (C=O) groups is 3. The third-order valence-electron chi connectivity index (χ3n) is 3.11. The molecule has 2 unspecified atom stereocenters. The van der Waals surface area contributed by atoms with E-state index in [4.69, 9.17) is 9.47 Å². The average Bonchev–Trinajstić information content (AvgIpc) is 2.61. The van der Waals surface area contributed by atoms with Crippen LogP contribution in [0.4, 0.5) is 9.59 Å². The van der Waals surface area contributed by atoms with Crippen molar-refractivity contribution in [3.63, 3.8) is 0 Å². The fraction of sp³-hybridized carbons (Fsp3) is 0.438. The molecular weight excluding hydrogens is 347 g/mol. The van der Waals surface area contributed by atoms with E-state index in [9.17, 15) is 14.4 Å². The van der Waals surface area contributed by atoms with Gasteiger partial charge in [-0.1, -0.05) is 18.2 Å². The fourth-order valence-electron chi connectivity index (χ4n) is 1.96. The summed E-state index contributed by atoms with van der Waals surface area (Å²) >= 11 is 0. The molecule has 0 aromatic heterocycles. The number of hydrogen-bond acceptors (Lipinski definition) is 6. The van der Waals surface area contributed by atoms with Crippen LogP contribution < -0.4 is 15.4 Å². The topological polar surface area (TPSA) is 103 Å². The highest BCUT2D eigenvalue weighted by Gasteiger charge is 2.21. The lowest BCUT2D eigenvalue weighted by Gasteiger charge is -2.16. The average molecular weight is 370 g/mol. The molecule has 2 atom stereocenters. The molecule has 25 heavy (non-hydrogen) atoms. The second-order valence-corrected chi connectivity index (χ2v) is 5.22. The van der Waals surface area contributed by atoms with Crippen molar-refractivity contribution in [2.75, 3.05) is 13.2 Å². The van der Waals surface area contributed by atoms with Crippen molar-refractivity contribution in [1.29, 1.82) is 0 Å². The number of hydrogen-bond donors (Lipinski definition) is 2. The highest BCUT2D eigenvalue weighted by Crippen LogP contribution is 2.08. The van der Waals surface area contributed by atoms with E-state index in [1.165, 1.54) is 0 Å². The zero-order valence-corrected chi connectivity index (χ0v) is 15.2. The molecule has 2 amide bonds. The van der Waals surface area contributed by atoms with Gasteiger partial charge in [-0.25, -0.2) is 14.4 Å². The van der Waals surface area contributed by atoms with Gasteiger partial charge in [-0.05, 0) is 38.3 Å². The van der Waals surface area contributed by atoms with Crippen LogP contribution in [0.1, 0.15) is 26.2 Å². The molecule has 0 heterocycles. The molecule has 0 bridgehead atoms. The van der Waals surface area contributed by atoms with Crippen LogP contribution in [0.2, 0.25) is 0 Å². The van der Waals surface area contributed by atoms with Crippen molar-refractivity contribution in [3.05, 3.63) is 30.3 Å². The lowest BCUT2D eigenvalue weighted by atomic mass is 10.1. The lowest BCUT2D eigenvalue weighted by Crippen LogP contribution is -2.41. The minimum absolute atomic E-state index is 0.222. The summed E-state index contributed by atoms with van der Waals surface area (Å²) < 4.78 is 14.4. The molecule has 138 valence electrons. The largest absolute Gasteiger partial charge is 0.464 e.